The van der Waals surface area contributed by atoms with Crippen molar-refractivity contribution < 1.29 is 9.90 Å². The van der Waals surface area contributed by atoms with Crippen LogP contribution in [0.1, 0.15) is 53.2 Å². The van der Waals surface area contributed by atoms with Gasteiger partial charge in [0, 0.05) is 5.69 Å². The third kappa shape index (κ3) is 2.42. The average molecular weight is 295 g/mol. The Morgan fingerprint density at radius 3 is 2.64 bits per heavy atom. The predicted octanol–water partition coefficient (Wildman–Crippen LogP) is 3.83. The molecule has 0 saturated heterocycles. The molecule has 3 nitrogen and oxygen atoms in total. The van der Waals surface area contributed by atoms with Crippen molar-refractivity contribution in [3.63, 3.8) is 0 Å². The van der Waals surface area contributed by atoms with Crippen LogP contribution in [0.4, 0.5) is 5.69 Å². The van der Waals surface area contributed by atoms with Crippen LogP contribution in [0.15, 0.2) is 36.4 Å². The van der Waals surface area contributed by atoms with Crippen molar-refractivity contribution >= 4 is 11.6 Å². The molecule has 0 aromatic heterocycles. The molecule has 0 radical (unpaired) electrons. The summed E-state index contributed by atoms with van der Waals surface area (Å²) in [6, 6.07) is 11.8. The Balaban J connectivity index is 2.05. The zero-order valence-corrected chi connectivity index (χ0v) is 13.2. The van der Waals surface area contributed by atoms with Gasteiger partial charge in [0.2, 0.25) is 5.91 Å². The molecule has 0 bridgehead atoms. The minimum atomic E-state index is -0.669. The van der Waals surface area contributed by atoms with E-state index in [1.54, 1.807) is 0 Å². The van der Waals surface area contributed by atoms with Crippen LogP contribution < -0.4 is 5.32 Å². The lowest BCUT2D eigenvalue weighted by molar-refractivity contribution is -0.117. The van der Waals surface area contributed by atoms with Crippen molar-refractivity contribution in [1.29, 1.82) is 0 Å². The van der Waals surface area contributed by atoms with Crippen molar-refractivity contribution in [3.8, 4) is 0 Å². The molecular weight excluding hydrogens is 274 g/mol. The maximum Gasteiger partial charge on any atom is 0.232 e. The number of benzene rings is 2. The van der Waals surface area contributed by atoms with Gasteiger partial charge < -0.3 is 10.4 Å². The van der Waals surface area contributed by atoms with Crippen LogP contribution in [-0.2, 0) is 4.79 Å². The summed E-state index contributed by atoms with van der Waals surface area (Å²) in [6.07, 6.45) is 0.0968. The third-order valence-corrected chi connectivity index (χ3v) is 4.41. The van der Waals surface area contributed by atoms with Gasteiger partial charge in [0.15, 0.2) is 0 Å². The highest BCUT2D eigenvalue weighted by Crippen LogP contribution is 2.39. The summed E-state index contributed by atoms with van der Waals surface area (Å²) in [5.41, 5.74) is 5.77. The van der Waals surface area contributed by atoms with E-state index in [1.807, 2.05) is 57.2 Å². The molecule has 0 fully saturated rings. The predicted molar refractivity (Wildman–Crippen MR) is 88.1 cm³/mol. The molecule has 0 saturated carbocycles. The van der Waals surface area contributed by atoms with E-state index in [2.05, 4.69) is 5.32 Å². The Bertz CT molecular complexity index is 736. The van der Waals surface area contributed by atoms with Crippen LogP contribution >= 0.6 is 0 Å². The number of rotatable bonds is 3. The number of hydrogen-bond acceptors (Lipinski definition) is 2. The molecule has 2 unspecified atom stereocenters. The van der Waals surface area contributed by atoms with E-state index in [4.69, 9.17) is 0 Å². The molecule has 22 heavy (non-hydrogen) atoms. The smallest absolute Gasteiger partial charge is 0.232 e. The van der Waals surface area contributed by atoms with Crippen molar-refractivity contribution in [2.75, 3.05) is 5.32 Å². The van der Waals surface area contributed by atoms with Gasteiger partial charge >= 0.3 is 0 Å². The van der Waals surface area contributed by atoms with E-state index in [0.717, 1.165) is 39.9 Å². The number of nitrogens with one attached hydrogen (secondary N) is 1. The average Bonchev–Trinajstić information content (AvgIpc) is 2.82. The van der Waals surface area contributed by atoms with Crippen LogP contribution in [0.2, 0.25) is 0 Å². The lowest BCUT2D eigenvalue weighted by Crippen LogP contribution is -2.10. The third-order valence-electron chi connectivity index (χ3n) is 4.41. The molecule has 0 spiro atoms. The topological polar surface area (TPSA) is 49.3 Å². The SMILES string of the molecule is CCC1C(=O)Nc2c(C)cc(C(O)c3cccc(C)c3)cc21. The zero-order chi connectivity index (χ0) is 15.9. The Hall–Kier alpha value is -2.13. The van der Waals surface area contributed by atoms with Crippen molar-refractivity contribution in [1.82, 2.24) is 0 Å². The quantitative estimate of drug-likeness (QED) is 0.904. The van der Waals surface area contributed by atoms with Crippen molar-refractivity contribution in [2.24, 2.45) is 0 Å². The summed E-state index contributed by atoms with van der Waals surface area (Å²) in [4.78, 5) is 12.0. The zero-order valence-electron chi connectivity index (χ0n) is 13.2. The van der Waals surface area contributed by atoms with Gasteiger partial charge in [0.05, 0.1) is 5.92 Å². The van der Waals surface area contributed by atoms with Gasteiger partial charge in [-0.1, -0.05) is 42.8 Å². The number of anilines is 1. The first-order valence-electron chi connectivity index (χ1n) is 7.71. The van der Waals surface area contributed by atoms with Crippen LogP contribution in [-0.4, -0.2) is 11.0 Å². The van der Waals surface area contributed by atoms with Gasteiger partial charge in [-0.15, -0.1) is 0 Å². The standard InChI is InChI=1S/C19H21NO2/c1-4-15-16-10-14(9-12(3)17(16)20-19(15)22)18(21)13-7-5-6-11(2)8-13/h5-10,15,18,21H,4H2,1-3H3,(H,20,22). The summed E-state index contributed by atoms with van der Waals surface area (Å²) >= 11 is 0. The van der Waals surface area contributed by atoms with Crippen LogP contribution in [0.5, 0.6) is 0 Å². The molecule has 1 aliphatic rings. The summed E-state index contributed by atoms with van der Waals surface area (Å²) < 4.78 is 0. The second-order valence-corrected chi connectivity index (χ2v) is 6.07. The maximum atomic E-state index is 12.0. The van der Waals surface area contributed by atoms with E-state index in [-0.39, 0.29) is 11.8 Å². The molecule has 0 aliphatic carbocycles. The normalized spacial score (nSPS) is 18.0. The molecular formula is C19H21NO2. The van der Waals surface area contributed by atoms with Gasteiger partial charge in [-0.3, -0.25) is 4.79 Å². The molecule has 2 aromatic rings. The monoisotopic (exact) mass is 295 g/mol. The lowest BCUT2D eigenvalue weighted by atomic mass is 9.91. The van der Waals surface area contributed by atoms with Gasteiger partial charge in [0.25, 0.3) is 0 Å². The molecule has 2 N–H and O–H groups in total. The van der Waals surface area contributed by atoms with Crippen LogP contribution in [0, 0.1) is 13.8 Å². The van der Waals surface area contributed by atoms with Crippen LogP contribution in [0.3, 0.4) is 0 Å². The maximum absolute atomic E-state index is 12.0. The number of amides is 1. The first-order valence-corrected chi connectivity index (χ1v) is 7.71. The van der Waals surface area contributed by atoms with E-state index in [9.17, 15) is 9.90 Å². The Kier molecular flexibility index (Phi) is 3.75. The Morgan fingerprint density at radius 2 is 1.95 bits per heavy atom. The Labute approximate surface area is 131 Å². The lowest BCUT2D eigenvalue weighted by Gasteiger charge is -2.16. The number of aliphatic hydroxyl groups excluding tert-OH is 1. The molecule has 3 heteroatoms. The largest absolute Gasteiger partial charge is 0.384 e. The van der Waals surface area contributed by atoms with Gasteiger partial charge in [-0.05, 0) is 48.6 Å². The highest BCUT2D eigenvalue weighted by atomic mass is 16.3. The molecule has 3 rings (SSSR count). The number of aryl methyl sites for hydroxylation is 2. The second-order valence-electron chi connectivity index (χ2n) is 6.07. The second kappa shape index (κ2) is 5.58. The van der Waals surface area contributed by atoms with Gasteiger partial charge in [-0.2, -0.15) is 0 Å². The summed E-state index contributed by atoms with van der Waals surface area (Å²) in [5.74, 6) is -0.0545. The minimum absolute atomic E-state index is 0.0581. The summed E-state index contributed by atoms with van der Waals surface area (Å²) in [5, 5.41) is 13.7. The minimum Gasteiger partial charge on any atom is -0.384 e. The van der Waals surface area contributed by atoms with E-state index < -0.39 is 6.10 Å². The fourth-order valence-electron chi connectivity index (χ4n) is 3.24. The first kappa shape index (κ1) is 14.8. The van der Waals surface area contributed by atoms with Crippen LogP contribution in [0.25, 0.3) is 0 Å². The Morgan fingerprint density at radius 1 is 1.18 bits per heavy atom. The number of carbonyl (C=O) groups is 1. The first-order chi connectivity index (χ1) is 10.5. The van der Waals surface area contributed by atoms with Gasteiger partial charge in [0.1, 0.15) is 6.10 Å². The molecule has 1 amide bonds. The van der Waals surface area contributed by atoms with Gasteiger partial charge in [-0.25, -0.2) is 0 Å². The summed E-state index contributed by atoms with van der Waals surface area (Å²) in [6.45, 7) is 6.00. The molecule has 1 aliphatic heterocycles. The highest BCUT2D eigenvalue weighted by Gasteiger charge is 2.31. The van der Waals surface area contributed by atoms with E-state index in [0.29, 0.717) is 0 Å². The highest BCUT2D eigenvalue weighted by molar-refractivity contribution is 6.03. The molecule has 2 aromatic carbocycles. The van der Waals surface area contributed by atoms with E-state index in [1.165, 1.54) is 0 Å². The van der Waals surface area contributed by atoms with E-state index >= 15 is 0 Å². The fraction of sp³-hybridized carbons (Fsp3) is 0.316. The summed E-state index contributed by atoms with van der Waals surface area (Å²) in [7, 11) is 0. The van der Waals surface area contributed by atoms with Crippen molar-refractivity contribution in [2.45, 2.75) is 39.2 Å². The molecule has 2 atom stereocenters. The molecule has 114 valence electrons. The molecule has 1 heterocycles. The number of carbonyl (C=O) groups excluding carboxylic acids is 1. The fourth-order valence-corrected chi connectivity index (χ4v) is 3.24. The number of hydrogen-bond donors (Lipinski definition) is 2. The van der Waals surface area contributed by atoms with Crippen molar-refractivity contribution in [3.05, 3.63) is 64.2 Å². The number of fused-ring (bicyclic) bond motifs is 1. The number of aliphatic hydroxyl groups is 1.